The third-order valence-electron chi connectivity index (χ3n) is 3.56. The quantitative estimate of drug-likeness (QED) is 0.685. The number of hydrogen-bond acceptors (Lipinski definition) is 5. The molecule has 0 spiro atoms. The fourth-order valence-electron chi connectivity index (χ4n) is 1.87. The molecule has 1 rings (SSSR count). The summed E-state index contributed by atoms with van der Waals surface area (Å²) in [7, 11) is -6.71. The summed E-state index contributed by atoms with van der Waals surface area (Å²) in [6.45, 7) is 3.42. The standard InChI is InChI=1S/C10H20N2O4S3/c1-3-10(2,9(11)17)12-19(15,16)8-4-6-18(13,14)7-5-8/h8,12H,3-7H2,1-2H3,(H2,11,17). The summed E-state index contributed by atoms with van der Waals surface area (Å²) in [5, 5.41) is -0.698. The van der Waals surface area contributed by atoms with Crippen molar-refractivity contribution in [3.8, 4) is 0 Å². The summed E-state index contributed by atoms with van der Waals surface area (Å²) < 4.78 is 49.7. The van der Waals surface area contributed by atoms with Gasteiger partial charge < -0.3 is 5.73 Å². The zero-order valence-corrected chi connectivity index (χ0v) is 13.5. The molecule has 0 radical (unpaired) electrons. The molecule has 0 aliphatic carbocycles. The van der Waals surface area contributed by atoms with Crippen molar-refractivity contribution in [2.75, 3.05) is 11.5 Å². The van der Waals surface area contributed by atoms with Gasteiger partial charge in [-0.05, 0) is 26.2 Å². The zero-order chi connectivity index (χ0) is 14.9. The average molecular weight is 328 g/mol. The van der Waals surface area contributed by atoms with E-state index in [-0.39, 0.29) is 29.3 Å². The number of rotatable bonds is 5. The first-order chi connectivity index (χ1) is 8.52. The highest BCUT2D eigenvalue weighted by Crippen LogP contribution is 2.21. The molecule has 0 bridgehead atoms. The van der Waals surface area contributed by atoms with E-state index in [0.29, 0.717) is 6.42 Å². The number of thiocarbonyl (C=S) groups is 1. The van der Waals surface area contributed by atoms with Gasteiger partial charge in [0.25, 0.3) is 0 Å². The van der Waals surface area contributed by atoms with Gasteiger partial charge in [-0.25, -0.2) is 21.6 Å². The number of nitrogens with two attached hydrogens (primary N) is 1. The van der Waals surface area contributed by atoms with Crippen molar-refractivity contribution >= 4 is 37.1 Å². The lowest BCUT2D eigenvalue weighted by Crippen LogP contribution is -2.56. The predicted octanol–water partition coefficient (Wildman–Crippen LogP) is -0.0622. The highest BCUT2D eigenvalue weighted by molar-refractivity contribution is 7.92. The van der Waals surface area contributed by atoms with Crippen LogP contribution >= 0.6 is 12.2 Å². The molecule has 0 amide bonds. The minimum atomic E-state index is -3.63. The molecule has 1 aliphatic heterocycles. The summed E-state index contributed by atoms with van der Waals surface area (Å²) in [4.78, 5) is 0.0852. The van der Waals surface area contributed by atoms with Crippen LogP contribution in [0.15, 0.2) is 0 Å². The maximum absolute atomic E-state index is 12.3. The van der Waals surface area contributed by atoms with E-state index >= 15 is 0 Å². The van der Waals surface area contributed by atoms with E-state index in [0.717, 1.165) is 0 Å². The molecule has 1 heterocycles. The van der Waals surface area contributed by atoms with Crippen molar-refractivity contribution in [1.82, 2.24) is 4.72 Å². The normalized spacial score (nSPS) is 23.7. The van der Waals surface area contributed by atoms with Crippen LogP contribution in [-0.2, 0) is 19.9 Å². The lowest BCUT2D eigenvalue weighted by molar-refractivity contribution is 0.495. The van der Waals surface area contributed by atoms with Crippen molar-refractivity contribution in [3.63, 3.8) is 0 Å². The van der Waals surface area contributed by atoms with Gasteiger partial charge in [-0.3, -0.25) is 0 Å². The van der Waals surface area contributed by atoms with Crippen LogP contribution in [0.25, 0.3) is 0 Å². The molecule has 1 aliphatic rings. The van der Waals surface area contributed by atoms with Gasteiger partial charge >= 0.3 is 0 Å². The maximum atomic E-state index is 12.3. The molecule has 1 atom stereocenters. The SMILES string of the molecule is CCC(C)(NS(=O)(=O)C1CCS(=O)(=O)CC1)C(N)=S. The first-order valence-electron chi connectivity index (χ1n) is 6.05. The topological polar surface area (TPSA) is 106 Å². The summed E-state index contributed by atoms with van der Waals surface area (Å²) in [5.74, 6) is -0.178. The molecule has 1 fully saturated rings. The minimum absolute atomic E-state index is 0.0852. The van der Waals surface area contributed by atoms with Crippen molar-refractivity contribution < 1.29 is 16.8 Å². The zero-order valence-electron chi connectivity index (χ0n) is 11.0. The lowest BCUT2D eigenvalue weighted by atomic mass is 10.0. The summed E-state index contributed by atoms with van der Waals surface area (Å²) >= 11 is 4.89. The van der Waals surface area contributed by atoms with Gasteiger partial charge in [-0.2, -0.15) is 0 Å². The van der Waals surface area contributed by atoms with Gasteiger partial charge in [0.1, 0.15) is 9.84 Å². The monoisotopic (exact) mass is 328 g/mol. The summed E-state index contributed by atoms with van der Waals surface area (Å²) in [5.41, 5.74) is 4.60. The molecule has 9 heteroatoms. The fourth-order valence-corrected chi connectivity index (χ4v) is 5.83. The minimum Gasteiger partial charge on any atom is -0.392 e. The van der Waals surface area contributed by atoms with Crippen LogP contribution in [0.1, 0.15) is 33.1 Å². The van der Waals surface area contributed by atoms with Gasteiger partial charge in [0.2, 0.25) is 10.0 Å². The molecular weight excluding hydrogens is 308 g/mol. The number of sulfone groups is 1. The Kier molecular flexibility index (Phi) is 4.98. The molecule has 112 valence electrons. The fraction of sp³-hybridized carbons (Fsp3) is 0.900. The second kappa shape index (κ2) is 5.63. The molecule has 1 saturated heterocycles. The second-order valence-corrected chi connectivity index (χ2v) is 9.75. The molecular formula is C10H20N2O4S3. The molecule has 0 aromatic heterocycles. The van der Waals surface area contributed by atoms with Crippen LogP contribution in [0.5, 0.6) is 0 Å². The van der Waals surface area contributed by atoms with Gasteiger partial charge in [-0.1, -0.05) is 19.1 Å². The molecule has 0 aromatic carbocycles. The first kappa shape index (κ1) is 16.8. The van der Waals surface area contributed by atoms with E-state index in [1.54, 1.807) is 13.8 Å². The van der Waals surface area contributed by atoms with Crippen molar-refractivity contribution in [1.29, 1.82) is 0 Å². The van der Waals surface area contributed by atoms with Crippen LogP contribution < -0.4 is 10.5 Å². The van der Waals surface area contributed by atoms with E-state index in [9.17, 15) is 16.8 Å². The Morgan fingerprint density at radius 2 is 1.89 bits per heavy atom. The number of sulfonamides is 1. The smallest absolute Gasteiger partial charge is 0.215 e. The first-order valence-corrected chi connectivity index (χ1v) is 9.83. The Morgan fingerprint density at radius 1 is 1.42 bits per heavy atom. The van der Waals surface area contributed by atoms with E-state index in [4.69, 9.17) is 18.0 Å². The Morgan fingerprint density at radius 3 is 2.26 bits per heavy atom. The van der Waals surface area contributed by atoms with Gasteiger partial charge in [0.15, 0.2) is 0 Å². The van der Waals surface area contributed by atoms with Crippen LogP contribution in [-0.4, -0.2) is 44.1 Å². The van der Waals surface area contributed by atoms with E-state index in [1.165, 1.54) is 0 Å². The number of hydrogen-bond donors (Lipinski definition) is 2. The van der Waals surface area contributed by atoms with E-state index in [1.807, 2.05) is 0 Å². The van der Waals surface area contributed by atoms with Gasteiger partial charge in [-0.15, -0.1) is 0 Å². The van der Waals surface area contributed by atoms with Crippen molar-refractivity contribution in [3.05, 3.63) is 0 Å². The van der Waals surface area contributed by atoms with E-state index < -0.39 is 30.6 Å². The average Bonchev–Trinajstić information content (AvgIpc) is 2.27. The lowest BCUT2D eigenvalue weighted by Gasteiger charge is -2.31. The molecule has 3 N–H and O–H groups in total. The largest absolute Gasteiger partial charge is 0.392 e. The van der Waals surface area contributed by atoms with Crippen molar-refractivity contribution in [2.24, 2.45) is 5.73 Å². The second-order valence-electron chi connectivity index (χ2n) is 5.05. The highest BCUT2D eigenvalue weighted by Gasteiger charge is 2.38. The van der Waals surface area contributed by atoms with Crippen LogP contribution in [0, 0.1) is 0 Å². The van der Waals surface area contributed by atoms with Crippen LogP contribution in [0.3, 0.4) is 0 Å². The Labute approximate surface area is 120 Å². The molecule has 19 heavy (non-hydrogen) atoms. The summed E-state index contributed by atoms with van der Waals surface area (Å²) in [6, 6.07) is 0. The highest BCUT2D eigenvalue weighted by atomic mass is 32.2. The van der Waals surface area contributed by atoms with Crippen molar-refractivity contribution in [2.45, 2.75) is 43.9 Å². The van der Waals surface area contributed by atoms with Gasteiger partial charge in [0.05, 0.1) is 27.3 Å². The third-order valence-corrected chi connectivity index (χ3v) is 7.81. The number of nitrogens with one attached hydrogen (secondary N) is 1. The Hall–Kier alpha value is -0.250. The Balaban J connectivity index is 2.86. The molecule has 1 unspecified atom stereocenters. The molecule has 0 aromatic rings. The van der Waals surface area contributed by atoms with E-state index in [2.05, 4.69) is 4.72 Å². The molecule has 6 nitrogen and oxygen atoms in total. The van der Waals surface area contributed by atoms with Gasteiger partial charge in [0, 0.05) is 0 Å². The summed E-state index contributed by atoms with van der Waals surface area (Å²) in [6.07, 6.45) is 0.677. The Bertz CT molecular complexity index is 541. The third kappa shape index (κ3) is 4.11. The molecule has 0 saturated carbocycles. The van der Waals surface area contributed by atoms with Crippen LogP contribution in [0.4, 0.5) is 0 Å². The predicted molar refractivity (Wildman–Crippen MR) is 79.2 cm³/mol. The maximum Gasteiger partial charge on any atom is 0.215 e. The van der Waals surface area contributed by atoms with Crippen LogP contribution in [0.2, 0.25) is 0 Å².